The first kappa shape index (κ1) is 17.6. The fourth-order valence-corrected chi connectivity index (χ4v) is 2.18. The number of aliphatic hydroxyl groups is 1. The Hall–Kier alpha value is -2.73. The van der Waals surface area contributed by atoms with Gasteiger partial charge in [-0.25, -0.2) is 0 Å². The largest absolute Gasteiger partial charge is 0.471 e. The molecule has 1 aliphatic heterocycles. The topological polar surface area (TPSA) is 152 Å². The van der Waals surface area contributed by atoms with Crippen molar-refractivity contribution >= 4 is 17.9 Å². The average Bonchev–Trinajstić information content (AvgIpc) is 3.06. The molecule has 0 bridgehead atoms. The number of nitrogens with zero attached hydrogens (tertiary/aromatic N) is 3. The van der Waals surface area contributed by atoms with Crippen LogP contribution in [-0.2, 0) is 23.8 Å². The number of esters is 2. The highest BCUT2D eigenvalue weighted by Crippen LogP contribution is 2.27. The second-order valence-corrected chi connectivity index (χ2v) is 4.79. The zero-order valence-corrected chi connectivity index (χ0v) is 12.7. The molecule has 0 aromatic carbocycles. The van der Waals surface area contributed by atoms with Gasteiger partial charge in [-0.2, -0.15) is 0 Å². The van der Waals surface area contributed by atoms with Gasteiger partial charge in [0.1, 0.15) is 18.5 Å². The van der Waals surface area contributed by atoms with E-state index in [-0.39, 0.29) is 0 Å². The van der Waals surface area contributed by atoms with Gasteiger partial charge in [0.15, 0.2) is 6.10 Å². The van der Waals surface area contributed by atoms with E-state index < -0.39 is 54.0 Å². The van der Waals surface area contributed by atoms with Crippen molar-refractivity contribution in [3.63, 3.8) is 0 Å². The summed E-state index contributed by atoms with van der Waals surface area (Å²) in [5.41, 5.74) is 0. The lowest BCUT2D eigenvalue weighted by Crippen LogP contribution is -2.43. The zero-order valence-electron chi connectivity index (χ0n) is 12.7. The Bertz CT molecular complexity index is 631. The molecule has 0 radical (unpaired) electrons. The Morgan fingerprint density at radius 1 is 1.38 bits per heavy atom. The van der Waals surface area contributed by atoms with E-state index in [1.807, 2.05) is 0 Å². The first-order chi connectivity index (χ1) is 11.3. The lowest BCUT2D eigenvalue weighted by atomic mass is 10.1. The van der Waals surface area contributed by atoms with Gasteiger partial charge < -0.3 is 34.3 Å². The van der Waals surface area contributed by atoms with E-state index in [0.29, 0.717) is 4.73 Å². The van der Waals surface area contributed by atoms with Crippen molar-refractivity contribution in [2.75, 3.05) is 6.61 Å². The quantitative estimate of drug-likeness (QED) is 0.378. The minimum absolute atomic E-state index is 0.554. The lowest BCUT2D eigenvalue weighted by Gasteiger charge is -2.22. The number of ether oxygens (including phenoxy) is 3. The Labute approximate surface area is 135 Å². The monoisotopic (exact) mass is 345 g/mol. The van der Waals surface area contributed by atoms with Crippen LogP contribution >= 0.6 is 0 Å². The summed E-state index contributed by atoms with van der Waals surface area (Å²) in [7, 11) is 0. The lowest BCUT2D eigenvalue weighted by molar-refractivity contribution is -0.404. The van der Waals surface area contributed by atoms with Gasteiger partial charge in [0.2, 0.25) is 6.10 Å². The van der Waals surface area contributed by atoms with Crippen LogP contribution in [-0.4, -0.2) is 62.9 Å². The highest BCUT2D eigenvalue weighted by molar-refractivity contribution is 5.67. The molecule has 1 fully saturated rings. The Morgan fingerprint density at radius 2 is 2.00 bits per heavy atom. The molecule has 0 spiro atoms. The van der Waals surface area contributed by atoms with Crippen molar-refractivity contribution in [2.24, 2.45) is 0 Å². The number of imidazole rings is 1. The van der Waals surface area contributed by atoms with Crippen LogP contribution in [0.15, 0.2) is 12.4 Å². The van der Waals surface area contributed by atoms with E-state index >= 15 is 0 Å². The highest BCUT2D eigenvalue weighted by Gasteiger charge is 2.51. The Balaban J connectivity index is 2.25. The zero-order chi connectivity index (χ0) is 17.9. The van der Waals surface area contributed by atoms with Crippen LogP contribution in [0.5, 0.6) is 0 Å². The minimum Gasteiger partial charge on any atom is -0.455 e. The van der Waals surface area contributed by atoms with E-state index in [9.17, 15) is 24.8 Å². The van der Waals surface area contributed by atoms with Gasteiger partial charge in [0.05, 0.1) is 6.61 Å². The van der Waals surface area contributed by atoms with Crippen LogP contribution in [0.1, 0.15) is 13.8 Å². The average molecular weight is 345 g/mol. The number of hydrogen-bond donors (Lipinski definition) is 1. The number of aliphatic hydroxyl groups excluding tert-OH is 1. The molecule has 2 heterocycles. The maximum atomic E-state index is 11.3. The summed E-state index contributed by atoms with van der Waals surface area (Å²) in [6.07, 6.45) is -2.48. The molecule has 4 atom stereocenters. The molecule has 1 N–H and O–H groups in total. The molecule has 1 aliphatic rings. The van der Waals surface area contributed by atoms with Crippen LogP contribution in [0.3, 0.4) is 0 Å². The number of hydrogen-bond acceptors (Lipinski definition) is 10. The van der Waals surface area contributed by atoms with Gasteiger partial charge >= 0.3 is 17.9 Å². The summed E-state index contributed by atoms with van der Waals surface area (Å²) in [6, 6.07) is 0. The van der Waals surface area contributed by atoms with E-state index in [0.717, 1.165) is 26.2 Å². The fourth-order valence-electron chi connectivity index (χ4n) is 2.18. The number of carbonyl (C=O) groups is 2. The third-order valence-electron chi connectivity index (χ3n) is 3.02. The molecule has 1 saturated heterocycles. The summed E-state index contributed by atoms with van der Waals surface area (Å²) in [6.45, 7) is 1.70. The Kier molecular flexibility index (Phi) is 5.31. The second kappa shape index (κ2) is 7.23. The maximum Gasteiger partial charge on any atom is 0.471 e. The summed E-state index contributed by atoms with van der Waals surface area (Å²) in [5, 5.41) is 20.2. The molecule has 1 aromatic rings. The van der Waals surface area contributed by atoms with Crippen LogP contribution in [0.2, 0.25) is 0 Å². The molecule has 2 rings (SSSR count). The third-order valence-corrected chi connectivity index (χ3v) is 3.02. The van der Waals surface area contributed by atoms with E-state index in [2.05, 4.69) is 4.98 Å². The van der Waals surface area contributed by atoms with Crippen LogP contribution < -0.4 is 4.84 Å². The first-order valence-electron chi connectivity index (χ1n) is 6.79. The third kappa shape index (κ3) is 3.78. The number of nitro groups is 1. The van der Waals surface area contributed by atoms with Crippen LogP contribution in [0.4, 0.5) is 5.95 Å². The van der Waals surface area contributed by atoms with Crippen molar-refractivity contribution in [2.45, 2.75) is 38.4 Å². The highest BCUT2D eigenvalue weighted by atomic mass is 16.8. The normalized spacial score (nSPS) is 26.0. The summed E-state index contributed by atoms with van der Waals surface area (Å²) in [4.78, 5) is 41.3. The van der Waals surface area contributed by atoms with Gasteiger partial charge in [-0.3, -0.25) is 9.59 Å². The molecule has 24 heavy (non-hydrogen) atoms. The molecule has 12 heteroatoms. The molecule has 0 amide bonds. The first-order valence-corrected chi connectivity index (χ1v) is 6.79. The predicted molar refractivity (Wildman–Crippen MR) is 72.3 cm³/mol. The molecular formula is C12H15N3O9. The van der Waals surface area contributed by atoms with E-state index in [4.69, 9.17) is 19.0 Å². The van der Waals surface area contributed by atoms with Gasteiger partial charge in [-0.05, 0) is 9.65 Å². The predicted octanol–water partition coefficient (Wildman–Crippen LogP) is -1.20. The van der Waals surface area contributed by atoms with Crippen LogP contribution in [0.25, 0.3) is 0 Å². The van der Waals surface area contributed by atoms with Gasteiger partial charge in [0.25, 0.3) is 6.29 Å². The smallest absolute Gasteiger partial charge is 0.455 e. The summed E-state index contributed by atoms with van der Waals surface area (Å²) in [5.74, 6) is -2.03. The molecule has 0 saturated carbocycles. The molecule has 132 valence electrons. The second-order valence-electron chi connectivity index (χ2n) is 4.79. The van der Waals surface area contributed by atoms with Gasteiger partial charge in [-0.1, -0.05) is 4.98 Å². The van der Waals surface area contributed by atoms with E-state index in [1.165, 1.54) is 0 Å². The van der Waals surface area contributed by atoms with Gasteiger partial charge in [0, 0.05) is 13.8 Å². The van der Waals surface area contributed by atoms with Crippen molar-refractivity contribution < 1.29 is 38.7 Å². The Morgan fingerprint density at radius 3 is 2.54 bits per heavy atom. The fraction of sp³-hybridized carbons (Fsp3) is 0.583. The minimum atomic E-state index is -1.36. The molecular weight excluding hydrogens is 330 g/mol. The summed E-state index contributed by atoms with van der Waals surface area (Å²) < 4.78 is 16.1. The van der Waals surface area contributed by atoms with Gasteiger partial charge in [-0.15, -0.1) is 0 Å². The van der Waals surface area contributed by atoms with Crippen molar-refractivity contribution in [1.29, 1.82) is 0 Å². The number of carbonyl (C=O) groups excluding carboxylic acids is 2. The maximum absolute atomic E-state index is 11.3. The molecule has 12 nitrogen and oxygen atoms in total. The van der Waals surface area contributed by atoms with Crippen LogP contribution in [0, 0.1) is 10.1 Å². The molecule has 1 aromatic heterocycles. The standard InChI is InChI=1S/C12H15N3O9/c1-6(17)21-9-8(5-16)23-11(10(9)22-7(2)18)24-14-4-3-13-12(14)15(19)20/h3-4,8-11,16H,5H2,1-2H3/t8-,9-,10+,11+/m1/s1. The van der Waals surface area contributed by atoms with Crippen molar-refractivity contribution in [3.8, 4) is 0 Å². The summed E-state index contributed by atoms with van der Waals surface area (Å²) >= 11 is 0. The number of rotatable bonds is 6. The van der Waals surface area contributed by atoms with Crippen molar-refractivity contribution in [3.05, 3.63) is 22.5 Å². The van der Waals surface area contributed by atoms with Crippen molar-refractivity contribution in [1.82, 2.24) is 9.71 Å². The van der Waals surface area contributed by atoms with E-state index in [1.54, 1.807) is 0 Å². The molecule has 0 aliphatic carbocycles. The SMILES string of the molecule is CC(=O)O[C@@H]1[C@H](On2ccnc2[N+](=O)[O-])O[C@H](CO)[C@H]1OC(C)=O. The molecule has 0 unspecified atom stereocenters. The number of aromatic nitrogens is 2.